The van der Waals surface area contributed by atoms with E-state index in [1.807, 2.05) is 0 Å². The van der Waals surface area contributed by atoms with E-state index in [4.69, 9.17) is 0 Å². The largest absolute Gasteiger partial charge is 0.324 e. The third kappa shape index (κ3) is 4.16. The van der Waals surface area contributed by atoms with Crippen LogP contribution in [0.3, 0.4) is 0 Å². The molecule has 1 saturated carbocycles. The highest BCUT2D eigenvalue weighted by Crippen LogP contribution is 2.38. The molecule has 1 atom stereocenters. The van der Waals surface area contributed by atoms with Gasteiger partial charge in [0.05, 0.1) is 26.7 Å². The second-order valence-electron chi connectivity index (χ2n) is 8.03. The first-order valence-electron chi connectivity index (χ1n) is 9.84. The Bertz CT molecular complexity index is 454. The van der Waals surface area contributed by atoms with Gasteiger partial charge in [-0.2, -0.15) is 0 Å². The summed E-state index contributed by atoms with van der Waals surface area (Å²) < 4.78 is 1.25. The predicted octanol–water partition coefficient (Wildman–Crippen LogP) is 4.48. The monoisotopic (exact) mass is 315 g/mol. The minimum absolute atomic E-state index is 0.653. The molecular weight excluding hydrogens is 280 g/mol. The molecule has 0 spiro atoms. The lowest BCUT2D eigenvalue weighted by Gasteiger charge is -2.46. The van der Waals surface area contributed by atoms with Crippen LogP contribution < -0.4 is 0 Å². The Kier molecular flexibility index (Phi) is 5.76. The lowest BCUT2D eigenvalue weighted by Crippen LogP contribution is -2.58. The van der Waals surface area contributed by atoms with Crippen LogP contribution in [0.4, 0.5) is 0 Å². The molecule has 1 aromatic carbocycles. The quantitative estimate of drug-likeness (QED) is 0.585. The first-order chi connectivity index (χ1) is 11.2. The van der Waals surface area contributed by atoms with E-state index in [1.54, 1.807) is 5.56 Å². The molecule has 2 aliphatic rings. The highest BCUT2D eigenvalue weighted by molar-refractivity contribution is 5.20. The second-order valence-corrected chi connectivity index (χ2v) is 8.03. The van der Waals surface area contributed by atoms with Crippen molar-refractivity contribution < 1.29 is 4.48 Å². The molecule has 1 aromatic rings. The van der Waals surface area contributed by atoms with E-state index in [1.165, 1.54) is 75.7 Å². The molecule has 0 aromatic heterocycles. The van der Waals surface area contributed by atoms with Gasteiger partial charge in [-0.3, -0.25) is 4.90 Å². The molecule has 0 bridgehead atoms. The van der Waals surface area contributed by atoms with Crippen LogP contribution in [-0.2, 0) is 0 Å². The second kappa shape index (κ2) is 7.81. The van der Waals surface area contributed by atoms with Crippen LogP contribution >= 0.6 is 0 Å². The van der Waals surface area contributed by atoms with Gasteiger partial charge in [-0.1, -0.05) is 56.0 Å². The molecule has 2 heteroatoms. The van der Waals surface area contributed by atoms with Crippen molar-refractivity contribution >= 4 is 0 Å². The highest BCUT2D eigenvalue weighted by Gasteiger charge is 2.35. The Hall–Kier alpha value is -0.860. The number of nitrogens with zero attached hydrogens (tertiary/aromatic N) is 2. The Balaban J connectivity index is 1.78. The molecular formula is C21H35N2+. The van der Waals surface area contributed by atoms with Gasteiger partial charge in [0, 0.05) is 19.1 Å². The summed E-state index contributed by atoms with van der Waals surface area (Å²) in [5.41, 5.74) is 1.56. The summed E-state index contributed by atoms with van der Waals surface area (Å²) in [5.74, 6) is 0.860. The average Bonchev–Trinajstić information content (AvgIpc) is 2.87. The Morgan fingerprint density at radius 2 is 1.61 bits per heavy atom. The molecule has 23 heavy (non-hydrogen) atoms. The van der Waals surface area contributed by atoms with Gasteiger partial charge >= 0.3 is 0 Å². The summed E-state index contributed by atoms with van der Waals surface area (Å²) in [4.78, 5) is 2.82. The molecule has 1 aliphatic carbocycles. The van der Waals surface area contributed by atoms with Crippen molar-refractivity contribution in [1.29, 1.82) is 0 Å². The zero-order chi connectivity index (χ0) is 16.1. The highest BCUT2D eigenvalue weighted by atomic mass is 15.4. The van der Waals surface area contributed by atoms with E-state index in [2.05, 4.69) is 49.2 Å². The fraction of sp³-hybridized carbons (Fsp3) is 0.714. The van der Waals surface area contributed by atoms with Crippen LogP contribution in [0.1, 0.15) is 57.1 Å². The fourth-order valence-electron chi connectivity index (χ4n) is 4.62. The molecule has 1 saturated heterocycles. The zero-order valence-corrected chi connectivity index (χ0v) is 15.2. The normalized spacial score (nSPS) is 25.0. The third-order valence-electron chi connectivity index (χ3n) is 6.50. The number of quaternary nitrogens is 1. The molecule has 1 heterocycles. The van der Waals surface area contributed by atoms with E-state index < -0.39 is 0 Å². The van der Waals surface area contributed by atoms with Gasteiger partial charge in [-0.15, -0.1) is 0 Å². The standard InChI is InChI=1S/C21H35N2/c1-3-23(2)17-15-22(16-18-23)21(20-13-9-6-10-14-20)19-11-7-4-5-8-12-19/h6,9-10,13-14,19,21H,3-5,7-8,11-12,15-18H2,1-2H3/q+1. The topological polar surface area (TPSA) is 3.24 Å². The maximum absolute atomic E-state index is 2.82. The summed E-state index contributed by atoms with van der Waals surface area (Å²) in [7, 11) is 2.43. The van der Waals surface area contributed by atoms with E-state index in [9.17, 15) is 0 Å². The zero-order valence-electron chi connectivity index (χ0n) is 15.2. The van der Waals surface area contributed by atoms with Crippen molar-refractivity contribution in [3.63, 3.8) is 0 Å². The van der Waals surface area contributed by atoms with Gasteiger partial charge in [0.15, 0.2) is 0 Å². The van der Waals surface area contributed by atoms with Crippen molar-refractivity contribution in [2.45, 2.75) is 51.5 Å². The van der Waals surface area contributed by atoms with E-state index >= 15 is 0 Å². The smallest absolute Gasteiger partial charge is 0.0914 e. The number of piperazine rings is 1. The lowest BCUT2D eigenvalue weighted by molar-refractivity contribution is -0.912. The van der Waals surface area contributed by atoms with Crippen LogP contribution in [0.2, 0.25) is 0 Å². The number of hydrogen-bond donors (Lipinski definition) is 0. The molecule has 2 nitrogen and oxygen atoms in total. The fourth-order valence-corrected chi connectivity index (χ4v) is 4.62. The minimum atomic E-state index is 0.653. The number of benzene rings is 1. The van der Waals surface area contributed by atoms with Crippen LogP contribution in [-0.4, -0.2) is 49.2 Å². The van der Waals surface area contributed by atoms with Crippen molar-refractivity contribution in [3.05, 3.63) is 35.9 Å². The molecule has 0 N–H and O–H groups in total. The SMILES string of the molecule is CC[N+]1(C)CCN(C(c2ccccc2)C2CCCCCC2)CC1. The maximum Gasteiger partial charge on any atom is 0.0914 e. The Morgan fingerprint density at radius 1 is 1.00 bits per heavy atom. The van der Waals surface area contributed by atoms with E-state index in [-0.39, 0.29) is 0 Å². The molecule has 3 rings (SSSR count). The summed E-state index contributed by atoms with van der Waals surface area (Å²) >= 11 is 0. The molecule has 1 aliphatic heterocycles. The van der Waals surface area contributed by atoms with Crippen molar-refractivity contribution in [2.75, 3.05) is 39.8 Å². The Labute approximate surface area is 143 Å². The predicted molar refractivity (Wildman–Crippen MR) is 98.4 cm³/mol. The van der Waals surface area contributed by atoms with Crippen molar-refractivity contribution in [3.8, 4) is 0 Å². The van der Waals surface area contributed by atoms with Crippen LogP contribution in [0.15, 0.2) is 30.3 Å². The van der Waals surface area contributed by atoms with Crippen LogP contribution in [0.25, 0.3) is 0 Å². The average molecular weight is 316 g/mol. The van der Waals surface area contributed by atoms with Gasteiger partial charge < -0.3 is 4.48 Å². The molecule has 2 fully saturated rings. The van der Waals surface area contributed by atoms with E-state index in [0.29, 0.717) is 6.04 Å². The summed E-state index contributed by atoms with van der Waals surface area (Å²) in [6.07, 6.45) is 8.62. The number of hydrogen-bond acceptors (Lipinski definition) is 1. The number of likely N-dealkylation sites (N-methyl/N-ethyl adjacent to an activating group) is 1. The first kappa shape index (κ1) is 17.0. The molecule has 0 amide bonds. The minimum Gasteiger partial charge on any atom is -0.324 e. The van der Waals surface area contributed by atoms with Gasteiger partial charge in [-0.05, 0) is 31.2 Å². The van der Waals surface area contributed by atoms with Gasteiger partial charge in [0.25, 0.3) is 0 Å². The van der Waals surface area contributed by atoms with Crippen LogP contribution in [0, 0.1) is 5.92 Å². The first-order valence-corrected chi connectivity index (χ1v) is 9.84. The maximum atomic E-state index is 2.82. The third-order valence-corrected chi connectivity index (χ3v) is 6.50. The van der Waals surface area contributed by atoms with Crippen LogP contribution in [0.5, 0.6) is 0 Å². The molecule has 0 radical (unpaired) electrons. The van der Waals surface area contributed by atoms with Gasteiger partial charge in [-0.25, -0.2) is 0 Å². The Morgan fingerprint density at radius 3 is 2.17 bits per heavy atom. The van der Waals surface area contributed by atoms with Gasteiger partial charge in [0.1, 0.15) is 0 Å². The van der Waals surface area contributed by atoms with Crippen molar-refractivity contribution in [2.24, 2.45) is 5.92 Å². The number of rotatable bonds is 4. The molecule has 1 unspecified atom stereocenters. The van der Waals surface area contributed by atoms with Gasteiger partial charge in [0.2, 0.25) is 0 Å². The molecule has 128 valence electrons. The summed E-state index contributed by atoms with van der Waals surface area (Å²) in [6, 6.07) is 12.0. The lowest BCUT2D eigenvalue weighted by atomic mass is 9.85. The summed E-state index contributed by atoms with van der Waals surface area (Å²) in [5, 5.41) is 0. The summed E-state index contributed by atoms with van der Waals surface area (Å²) in [6.45, 7) is 8.77. The van der Waals surface area contributed by atoms with Crippen molar-refractivity contribution in [1.82, 2.24) is 4.90 Å². The van der Waals surface area contributed by atoms with E-state index in [0.717, 1.165) is 5.92 Å².